The van der Waals surface area contributed by atoms with E-state index in [-0.39, 0.29) is 11.8 Å². The summed E-state index contributed by atoms with van der Waals surface area (Å²) in [4.78, 5) is 7.86. The average molecular weight is 378 g/mol. The molecule has 5 nitrogen and oxygen atoms in total. The minimum Gasteiger partial charge on any atom is -0.438 e. The molecule has 2 aromatic rings. The molecule has 0 fully saturated rings. The quantitative estimate of drug-likeness (QED) is 0.634. The Morgan fingerprint density at radius 3 is 2.72 bits per heavy atom. The van der Waals surface area contributed by atoms with Crippen LogP contribution in [0.15, 0.2) is 33.3 Å². The van der Waals surface area contributed by atoms with Crippen molar-refractivity contribution < 1.29 is 9.13 Å². The third kappa shape index (κ3) is 2.95. The minimum atomic E-state index is -0.421. The molecule has 8 heteroatoms. The fraction of sp³-hybridized carbons (Fsp3) is 0. The van der Waals surface area contributed by atoms with Crippen LogP contribution in [0.5, 0.6) is 11.6 Å². The highest BCUT2D eigenvalue weighted by Gasteiger charge is 2.08. The highest BCUT2D eigenvalue weighted by atomic mass is 79.9. The van der Waals surface area contributed by atoms with Crippen LogP contribution in [-0.2, 0) is 0 Å². The number of hydrazine groups is 1. The van der Waals surface area contributed by atoms with E-state index in [1.807, 2.05) is 0 Å². The summed E-state index contributed by atoms with van der Waals surface area (Å²) in [6.45, 7) is 0. The highest BCUT2D eigenvalue weighted by molar-refractivity contribution is 9.10. The predicted molar refractivity (Wildman–Crippen MR) is 71.7 cm³/mol. The molecule has 0 bridgehead atoms. The van der Waals surface area contributed by atoms with Crippen molar-refractivity contribution in [1.82, 2.24) is 9.97 Å². The number of nitrogens with two attached hydrogens (primary N) is 1. The van der Waals surface area contributed by atoms with Gasteiger partial charge in [0, 0.05) is 6.07 Å². The van der Waals surface area contributed by atoms with Gasteiger partial charge in [-0.25, -0.2) is 15.2 Å². The third-order valence-corrected chi connectivity index (χ3v) is 3.13. The Morgan fingerprint density at radius 2 is 2.06 bits per heavy atom. The summed E-state index contributed by atoms with van der Waals surface area (Å²) in [5.74, 6) is 5.53. The predicted octanol–water partition coefficient (Wildman–Crippen LogP) is 3.22. The molecule has 1 aromatic carbocycles. The molecular weight excluding hydrogens is 371 g/mol. The van der Waals surface area contributed by atoms with E-state index in [0.717, 1.165) is 0 Å². The molecule has 0 spiro atoms. The van der Waals surface area contributed by atoms with Gasteiger partial charge >= 0.3 is 0 Å². The third-order valence-electron chi connectivity index (χ3n) is 1.95. The fourth-order valence-electron chi connectivity index (χ4n) is 1.14. The first-order valence-corrected chi connectivity index (χ1v) is 6.31. The summed E-state index contributed by atoms with van der Waals surface area (Å²) >= 11 is 6.29. The first kappa shape index (κ1) is 13.2. The maximum atomic E-state index is 13.3. The molecule has 18 heavy (non-hydrogen) atoms. The molecule has 1 heterocycles. The second kappa shape index (κ2) is 5.59. The molecule has 0 aliphatic heterocycles. The molecular formula is C10H7Br2FN4O. The van der Waals surface area contributed by atoms with E-state index in [0.29, 0.717) is 14.7 Å². The van der Waals surface area contributed by atoms with Crippen molar-refractivity contribution >= 4 is 37.8 Å². The molecule has 0 unspecified atom stereocenters. The van der Waals surface area contributed by atoms with Crippen LogP contribution >= 0.6 is 31.9 Å². The van der Waals surface area contributed by atoms with E-state index in [9.17, 15) is 4.39 Å². The van der Waals surface area contributed by atoms with Crippen LogP contribution in [0, 0.1) is 5.82 Å². The van der Waals surface area contributed by atoms with Crippen LogP contribution in [0.3, 0.4) is 0 Å². The monoisotopic (exact) mass is 376 g/mol. The Labute approximate surface area is 119 Å². The van der Waals surface area contributed by atoms with Crippen LogP contribution in [0.2, 0.25) is 0 Å². The zero-order valence-corrected chi connectivity index (χ0v) is 12.0. The Bertz CT molecular complexity index is 582. The van der Waals surface area contributed by atoms with Crippen LogP contribution in [0.1, 0.15) is 0 Å². The van der Waals surface area contributed by atoms with E-state index >= 15 is 0 Å². The molecule has 3 N–H and O–H groups in total. The highest BCUT2D eigenvalue weighted by Crippen LogP contribution is 2.29. The van der Waals surface area contributed by atoms with Gasteiger partial charge in [0.2, 0.25) is 11.8 Å². The summed E-state index contributed by atoms with van der Waals surface area (Å²) in [5.41, 5.74) is 2.30. The molecule has 2 rings (SSSR count). The van der Waals surface area contributed by atoms with Crippen molar-refractivity contribution in [2.75, 3.05) is 5.43 Å². The maximum Gasteiger partial charge on any atom is 0.240 e. The molecule has 0 saturated heterocycles. The molecule has 0 aliphatic carbocycles. The normalized spacial score (nSPS) is 10.2. The molecule has 0 aliphatic rings. The van der Waals surface area contributed by atoms with Gasteiger partial charge in [-0.1, -0.05) is 0 Å². The second-order valence-electron chi connectivity index (χ2n) is 3.17. The second-order valence-corrected chi connectivity index (χ2v) is 4.88. The smallest absolute Gasteiger partial charge is 0.240 e. The van der Waals surface area contributed by atoms with Crippen LogP contribution in [-0.4, -0.2) is 9.97 Å². The number of nitrogens with one attached hydrogen (secondary N) is 1. The van der Waals surface area contributed by atoms with Crippen LogP contribution in [0.4, 0.5) is 10.3 Å². The largest absolute Gasteiger partial charge is 0.438 e. The molecule has 0 saturated carbocycles. The minimum absolute atomic E-state index is 0.200. The summed E-state index contributed by atoms with van der Waals surface area (Å²) in [5, 5.41) is 0. The van der Waals surface area contributed by atoms with Gasteiger partial charge in [0.1, 0.15) is 11.6 Å². The van der Waals surface area contributed by atoms with Crippen molar-refractivity contribution in [3.05, 3.63) is 39.2 Å². The first-order chi connectivity index (χ1) is 8.60. The van der Waals surface area contributed by atoms with Gasteiger partial charge in [-0.3, -0.25) is 5.43 Å². The zero-order valence-electron chi connectivity index (χ0n) is 8.82. The number of halogens is 3. The van der Waals surface area contributed by atoms with E-state index in [1.54, 1.807) is 12.1 Å². The number of anilines is 1. The summed E-state index contributed by atoms with van der Waals surface area (Å²) in [6, 6.07) is 4.40. The molecule has 0 radical (unpaired) electrons. The molecule has 94 valence electrons. The van der Waals surface area contributed by atoms with Crippen molar-refractivity contribution in [1.29, 1.82) is 0 Å². The average Bonchev–Trinajstić information content (AvgIpc) is 2.36. The number of hydrogen-bond donors (Lipinski definition) is 2. The number of aromatic nitrogens is 2. The summed E-state index contributed by atoms with van der Waals surface area (Å²) < 4.78 is 19.7. The van der Waals surface area contributed by atoms with Crippen molar-refractivity contribution in [2.45, 2.75) is 0 Å². The van der Waals surface area contributed by atoms with Crippen molar-refractivity contribution in [3.8, 4) is 11.6 Å². The SMILES string of the molecule is NNc1ncc(Br)c(Oc2ccc(Br)c(F)c2)n1. The lowest BCUT2D eigenvalue weighted by Crippen LogP contribution is -2.10. The number of ether oxygens (including phenoxy) is 1. The number of hydrogen-bond acceptors (Lipinski definition) is 5. The maximum absolute atomic E-state index is 13.3. The van der Waals surface area contributed by atoms with Gasteiger partial charge in [0.25, 0.3) is 0 Å². The lowest BCUT2D eigenvalue weighted by atomic mass is 10.3. The summed E-state index contributed by atoms with van der Waals surface area (Å²) in [7, 11) is 0. The zero-order chi connectivity index (χ0) is 13.1. The first-order valence-electron chi connectivity index (χ1n) is 4.72. The topological polar surface area (TPSA) is 73.1 Å². The van der Waals surface area contributed by atoms with Crippen LogP contribution in [0.25, 0.3) is 0 Å². The summed E-state index contributed by atoms with van der Waals surface area (Å²) in [6.07, 6.45) is 1.48. The lowest BCUT2D eigenvalue weighted by Gasteiger charge is -2.08. The van der Waals surface area contributed by atoms with Gasteiger partial charge < -0.3 is 4.74 Å². The Kier molecular flexibility index (Phi) is 4.10. The standard InChI is InChI=1S/C10H7Br2FN4O/c11-6-2-1-5(3-8(6)13)18-9-7(12)4-15-10(16-9)17-14/h1-4H,14H2,(H,15,16,17). The molecule has 1 aromatic heterocycles. The van der Waals surface area contributed by atoms with E-state index in [2.05, 4.69) is 47.3 Å². The Balaban J connectivity index is 2.30. The number of nitrogens with zero attached hydrogens (tertiary/aromatic N) is 2. The van der Waals surface area contributed by atoms with E-state index in [4.69, 9.17) is 10.6 Å². The van der Waals surface area contributed by atoms with Crippen molar-refractivity contribution in [3.63, 3.8) is 0 Å². The van der Waals surface area contributed by atoms with Gasteiger partial charge in [-0.05, 0) is 44.0 Å². The Hall–Kier alpha value is -1.25. The number of rotatable bonds is 3. The fourth-order valence-corrected chi connectivity index (χ4v) is 1.66. The Morgan fingerprint density at radius 1 is 1.28 bits per heavy atom. The van der Waals surface area contributed by atoms with Crippen molar-refractivity contribution in [2.24, 2.45) is 5.84 Å². The lowest BCUT2D eigenvalue weighted by molar-refractivity contribution is 0.454. The molecule has 0 amide bonds. The van der Waals surface area contributed by atoms with E-state index in [1.165, 1.54) is 12.3 Å². The van der Waals surface area contributed by atoms with Gasteiger partial charge in [0.05, 0.1) is 15.1 Å². The van der Waals surface area contributed by atoms with Gasteiger partial charge in [-0.2, -0.15) is 4.98 Å². The number of benzene rings is 1. The number of nitrogen functional groups attached to an aromatic ring is 1. The van der Waals surface area contributed by atoms with E-state index < -0.39 is 5.82 Å². The van der Waals surface area contributed by atoms with Crippen LogP contribution < -0.4 is 16.0 Å². The van der Waals surface area contributed by atoms with Gasteiger partial charge in [-0.15, -0.1) is 0 Å². The van der Waals surface area contributed by atoms with Gasteiger partial charge in [0.15, 0.2) is 0 Å². The molecule has 0 atom stereocenters.